The van der Waals surface area contributed by atoms with Gasteiger partial charge in [-0.15, -0.1) is 12.4 Å². The van der Waals surface area contributed by atoms with Gasteiger partial charge in [0.25, 0.3) is 0 Å². The lowest BCUT2D eigenvalue weighted by Crippen LogP contribution is -2.34. The topological polar surface area (TPSA) is 69.4 Å². The third kappa shape index (κ3) is 3.77. The summed E-state index contributed by atoms with van der Waals surface area (Å²) in [6, 6.07) is 4.01. The zero-order chi connectivity index (χ0) is 16.4. The van der Waals surface area contributed by atoms with Crippen molar-refractivity contribution in [2.24, 2.45) is 0 Å². The van der Waals surface area contributed by atoms with Crippen molar-refractivity contribution < 1.29 is 14.0 Å². The number of ether oxygens (including phenoxy) is 2. The molecule has 1 saturated heterocycles. The van der Waals surface area contributed by atoms with E-state index >= 15 is 0 Å². The third-order valence-electron chi connectivity index (χ3n) is 4.11. The molecule has 1 aliphatic rings. The molecular formula is C16H21Cl2N3O3. The molecule has 1 aromatic carbocycles. The fourth-order valence-electron chi connectivity index (χ4n) is 2.92. The van der Waals surface area contributed by atoms with E-state index in [9.17, 15) is 0 Å². The van der Waals surface area contributed by atoms with Crippen LogP contribution in [0.25, 0.3) is 11.4 Å². The number of nitrogens with zero attached hydrogens (tertiary/aromatic N) is 2. The van der Waals surface area contributed by atoms with E-state index in [4.69, 9.17) is 25.6 Å². The van der Waals surface area contributed by atoms with Crippen molar-refractivity contribution in [3.8, 4) is 22.9 Å². The Kier molecular flexibility index (Phi) is 6.32. The van der Waals surface area contributed by atoms with Gasteiger partial charge in [0.05, 0.1) is 19.2 Å². The van der Waals surface area contributed by atoms with Gasteiger partial charge in [-0.25, -0.2) is 0 Å². The van der Waals surface area contributed by atoms with Gasteiger partial charge in [-0.05, 0) is 38.4 Å². The number of hydrogen-bond donors (Lipinski definition) is 1. The summed E-state index contributed by atoms with van der Waals surface area (Å²) in [6.07, 6.45) is 1.99. The number of halogens is 2. The Morgan fingerprint density at radius 2 is 2.08 bits per heavy atom. The molecule has 0 bridgehead atoms. The van der Waals surface area contributed by atoms with Crippen molar-refractivity contribution in [3.63, 3.8) is 0 Å². The van der Waals surface area contributed by atoms with Gasteiger partial charge < -0.3 is 19.3 Å². The highest BCUT2D eigenvalue weighted by molar-refractivity contribution is 6.32. The van der Waals surface area contributed by atoms with Crippen LogP contribution in [0.3, 0.4) is 0 Å². The first kappa shape index (κ1) is 18.8. The van der Waals surface area contributed by atoms with Crippen LogP contribution in [0.2, 0.25) is 5.02 Å². The Morgan fingerprint density at radius 3 is 2.75 bits per heavy atom. The highest BCUT2D eigenvalue weighted by atomic mass is 35.5. The van der Waals surface area contributed by atoms with Gasteiger partial charge in [0, 0.05) is 17.5 Å². The Morgan fingerprint density at radius 1 is 1.29 bits per heavy atom. The predicted molar refractivity (Wildman–Crippen MR) is 94.5 cm³/mol. The lowest BCUT2D eigenvalue weighted by atomic mass is 9.93. The first-order chi connectivity index (χ1) is 11.1. The van der Waals surface area contributed by atoms with Crippen LogP contribution < -0.4 is 14.8 Å². The Bertz CT molecular complexity index is 693. The summed E-state index contributed by atoms with van der Waals surface area (Å²) in [6.45, 7) is 3.13. The van der Waals surface area contributed by atoms with E-state index in [0.717, 1.165) is 24.9 Å². The van der Waals surface area contributed by atoms with Crippen LogP contribution in [0.4, 0.5) is 0 Å². The van der Waals surface area contributed by atoms with E-state index in [1.807, 2.05) is 0 Å². The number of piperidine rings is 1. The Labute approximate surface area is 152 Å². The molecule has 2 heterocycles. The van der Waals surface area contributed by atoms with Gasteiger partial charge in [-0.1, -0.05) is 16.8 Å². The molecule has 0 saturated carbocycles. The average molecular weight is 374 g/mol. The second kappa shape index (κ2) is 8.05. The second-order valence-electron chi connectivity index (χ2n) is 5.73. The molecule has 0 radical (unpaired) electrons. The fourth-order valence-corrected chi connectivity index (χ4v) is 3.21. The number of rotatable bonds is 4. The molecule has 0 amide bonds. The predicted octanol–water partition coefficient (Wildman–Crippen LogP) is 3.68. The lowest BCUT2D eigenvalue weighted by molar-refractivity contribution is 0.295. The first-order valence-corrected chi connectivity index (χ1v) is 7.99. The molecule has 0 spiro atoms. The number of methoxy groups -OCH3 is 2. The Balaban J connectivity index is 0.00000208. The monoisotopic (exact) mass is 373 g/mol. The maximum atomic E-state index is 6.24. The van der Waals surface area contributed by atoms with Gasteiger partial charge in [0.2, 0.25) is 11.7 Å². The molecule has 1 aliphatic heterocycles. The van der Waals surface area contributed by atoms with E-state index < -0.39 is 0 Å². The highest BCUT2D eigenvalue weighted by Crippen LogP contribution is 2.39. The van der Waals surface area contributed by atoms with Crippen LogP contribution in [0, 0.1) is 0 Å². The van der Waals surface area contributed by atoms with Gasteiger partial charge in [0.1, 0.15) is 0 Å². The summed E-state index contributed by atoms with van der Waals surface area (Å²) in [4.78, 5) is 4.55. The number of aromatic nitrogens is 2. The molecule has 1 fully saturated rings. The molecule has 1 N–H and O–H groups in total. The highest BCUT2D eigenvalue weighted by Gasteiger charge is 2.25. The summed E-state index contributed by atoms with van der Waals surface area (Å²) in [5, 5.41) is 7.96. The quantitative estimate of drug-likeness (QED) is 0.881. The maximum Gasteiger partial charge on any atom is 0.230 e. The second-order valence-corrected chi connectivity index (χ2v) is 6.13. The van der Waals surface area contributed by atoms with Gasteiger partial charge in [-0.2, -0.15) is 4.98 Å². The number of benzene rings is 1. The molecule has 1 aromatic heterocycles. The van der Waals surface area contributed by atoms with E-state index in [1.54, 1.807) is 26.4 Å². The van der Waals surface area contributed by atoms with E-state index in [1.165, 1.54) is 0 Å². The zero-order valence-electron chi connectivity index (χ0n) is 13.8. The third-order valence-corrected chi connectivity index (χ3v) is 4.39. The summed E-state index contributed by atoms with van der Waals surface area (Å²) in [5.41, 5.74) is 0.740. The molecule has 8 heteroatoms. The van der Waals surface area contributed by atoms with Crippen molar-refractivity contribution in [1.29, 1.82) is 0 Å². The minimum absolute atomic E-state index is 0. The largest absolute Gasteiger partial charge is 0.493 e. The van der Waals surface area contributed by atoms with Crippen LogP contribution in [0.5, 0.6) is 11.5 Å². The summed E-state index contributed by atoms with van der Waals surface area (Å²) in [5.74, 6) is 2.52. The minimum atomic E-state index is 0. The summed E-state index contributed by atoms with van der Waals surface area (Å²) in [7, 11) is 3.12. The van der Waals surface area contributed by atoms with Crippen LogP contribution in [0.1, 0.15) is 31.6 Å². The SMILES string of the molecule is COc1cc(-c2noc([C@H]3CCN[C@@H](C)C3)n2)cc(Cl)c1OC.Cl. The summed E-state index contributed by atoms with van der Waals surface area (Å²) < 4.78 is 16.0. The van der Waals surface area contributed by atoms with Crippen molar-refractivity contribution in [1.82, 2.24) is 15.5 Å². The molecule has 2 aromatic rings. The van der Waals surface area contributed by atoms with Crippen molar-refractivity contribution in [3.05, 3.63) is 23.0 Å². The minimum Gasteiger partial charge on any atom is -0.493 e. The van der Waals surface area contributed by atoms with Crippen LogP contribution in [-0.2, 0) is 0 Å². The van der Waals surface area contributed by atoms with Gasteiger partial charge >= 0.3 is 0 Å². The van der Waals surface area contributed by atoms with Crippen molar-refractivity contribution in [2.45, 2.75) is 31.7 Å². The van der Waals surface area contributed by atoms with Crippen LogP contribution in [0.15, 0.2) is 16.7 Å². The smallest absolute Gasteiger partial charge is 0.230 e. The molecule has 3 rings (SSSR count). The average Bonchev–Trinajstić information content (AvgIpc) is 3.04. The fraction of sp³-hybridized carbons (Fsp3) is 0.500. The molecule has 0 aliphatic carbocycles. The molecule has 6 nitrogen and oxygen atoms in total. The zero-order valence-corrected chi connectivity index (χ0v) is 15.4. The molecule has 2 atom stereocenters. The molecule has 0 unspecified atom stereocenters. The van der Waals surface area contributed by atoms with Crippen molar-refractivity contribution >= 4 is 24.0 Å². The van der Waals surface area contributed by atoms with E-state index in [-0.39, 0.29) is 12.4 Å². The lowest BCUT2D eigenvalue weighted by Gasteiger charge is -2.25. The molecule has 24 heavy (non-hydrogen) atoms. The summed E-state index contributed by atoms with van der Waals surface area (Å²) >= 11 is 6.24. The normalized spacial score (nSPS) is 20.3. The molecule has 132 valence electrons. The molecular weight excluding hydrogens is 353 g/mol. The van der Waals surface area contributed by atoms with E-state index in [2.05, 4.69) is 22.4 Å². The Hall–Kier alpha value is -1.50. The van der Waals surface area contributed by atoms with Crippen molar-refractivity contribution in [2.75, 3.05) is 20.8 Å². The first-order valence-electron chi connectivity index (χ1n) is 7.61. The maximum absolute atomic E-state index is 6.24. The standard InChI is InChI=1S/C16H20ClN3O3.ClH/c1-9-6-10(4-5-18-9)16-19-15(20-23-16)11-7-12(17)14(22-3)13(8-11)21-2;/h7-10,18H,4-6H2,1-3H3;1H/t9-,10-;/m0./s1. The van der Waals surface area contributed by atoms with Gasteiger partial charge in [-0.3, -0.25) is 0 Å². The van der Waals surface area contributed by atoms with Crippen LogP contribution >= 0.6 is 24.0 Å². The van der Waals surface area contributed by atoms with Crippen LogP contribution in [-0.4, -0.2) is 36.9 Å². The van der Waals surface area contributed by atoms with E-state index in [0.29, 0.717) is 40.2 Å². The van der Waals surface area contributed by atoms with Gasteiger partial charge in [0.15, 0.2) is 11.5 Å². The number of nitrogens with one attached hydrogen (secondary N) is 1. The number of hydrogen-bond acceptors (Lipinski definition) is 6.